The van der Waals surface area contributed by atoms with Crippen molar-refractivity contribution in [2.24, 2.45) is 0 Å². The van der Waals surface area contributed by atoms with Gasteiger partial charge in [0.05, 0.1) is 11.1 Å². The van der Waals surface area contributed by atoms with Gasteiger partial charge in [0.15, 0.2) is 6.10 Å². The number of carbonyl (C=O) groups is 2. The summed E-state index contributed by atoms with van der Waals surface area (Å²) >= 11 is 0. The Balaban J connectivity index is 1.89. The zero-order chi connectivity index (χ0) is 27.4. The molecule has 6 nitrogen and oxygen atoms in total. The van der Waals surface area contributed by atoms with Crippen molar-refractivity contribution >= 4 is 20.3 Å². The highest BCUT2D eigenvalue weighted by atomic mass is 28.4. The summed E-state index contributed by atoms with van der Waals surface area (Å²) in [4.78, 5) is 25.3. The van der Waals surface area contributed by atoms with Gasteiger partial charge in [0.2, 0.25) is 14.6 Å². The molecule has 0 radical (unpaired) electrons. The van der Waals surface area contributed by atoms with Crippen LogP contribution in [0.25, 0.3) is 0 Å². The number of hydrogen-bond acceptors (Lipinski definition) is 6. The van der Waals surface area contributed by atoms with Crippen LogP contribution in [-0.2, 0) is 18.6 Å². The molecule has 3 rings (SSSR count). The van der Waals surface area contributed by atoms with Crippen LogP contribution in [0.3, 0.4) is 0 Å². The molecule has 1 unspecified atom stereocenters. The lowest BCUT2D eigenvalue weighted by atomic mass is 10.1. The van der Waals surface area contributed by atoms with Gasteiger partial charge in [-0.25, -0.2) is 9.59 Å². The minimum atomic E-state index is -3.68. The van der Waals surface area contributed by atoms with Crippen molar-refractivity contribution in [1.29, 1.82) is 0 Å². The van der Waals surface area contributed by atoms with Gasteiger partial charge in [-0.1, -0.05) is 77.9 Å². The zero-order valence-corrected chi connectivity index (χ0v) is 23.2. The van der Waals surface area contributed by atoms with E-state index in [0.29, 0.717) is 0 Å². The molecule has 0 bridgehead atoms. The van der Waals surface area contributed by atoms with Gasteiger partial charge in [-0.2, -0.15) is 8.78 Å². The average molecular weight is 535 g/mol. The van der Waals surface area contributed by atoms with Crippen LogP contribution in [0.15, 0.2) is 60.7 Å². The molecule has 9 heteroatoms. The molecule has 37 heavy (non-hydrogen) atoms. The number of rotatable bonds is 10. The largest absolute Gasteiger partial charge is 0.459 e. The second-order valence-corrected chi connectivity index (χ2v) is 15.7. The summed E-state index contributed by atoms with van der Waals surface area (Å²) in [6.45, 7) is 11.3. The van der Waals surface area contributed by atoms with Gasteiger partial charge >= 0.3 is 17.9 Å². The normalized spacial score (nSPS) is 21.4. The topological polar surface area (TPSA) is 71.1 Å². The molecular formula is C28H36F2O6Si. The molecule has 0 amide bonds. The Labute approximate surface area is 218 Å². The molecule has 1 aliphatic rings. The van der Waals surface area contributed by atoms with E-state index in [4.69, 9.17) is 18.6 Å². The maximum Gasteiger partial charge on any atom is 0.338 e. The molecule has 1 aliphatic heterocycles. The molecule has 0 aromatic heterocycles. The Hall–Kier alpha value is -2.62. The standard InChI is InChI=1S/C28H36F2O6Si/c1-18(2)37(19(3)4,20(5)6)36-27-28(29,30)24(35-26(32)22-15-11-8-12-16-22)23(34-27)17-33-25(31)21-13-9-7-10-14-21/h7-16,18-20,23-24,27H,17H2,1-6H3/t23-,24-,27?/m1/s1. The molecule has 0 aliphatic carbocycles. The second kappa shape index (κ2) is 11.8. The summed E-state index contributed by atoms with van der Waals surface area (Å²) in [5.74, 6) is -5.29. The first-order valence-corrected chi connectivity index (χ1v) is 14.7. The monoisotopic (exact) mass is 534 g/mol. The van der Waals surface area contributed by atoms with Crippen molar-refractivity contribution < 1.29 is 37.0 Å². The van der Waals surface area contributed by atoms with Crippen LogP contribution in [0, 0.1) is 0 Å². The molecule has 3 atom stereocenters. The third-order valence-corrected chi connectivity index (χ3v) is 13.0. The summed E-state index contributed by atoms with van der Waals surface area (Å²) in [6, 6.07) is 16.1. The summed E-state index contributed by atoms with van der Waals surface area (Å²) in [5, 5.41) is 0. The van der Waals surface area contributed by atoms with Crippen molar-refractivity contribution in [3.8, 4) is 0 Å². The fourth-order valence-electron chi connectivity index (χ4n) is 5.26. The first-order valence-electron chi connectivity index (χ1n) is 12.6. The SMILES string of the molecule is CC(C)[Si](OC1O[C@H](COC(=O)c2ccccc2)[C@@H](OC(=O)c2ccccc2)C1(F)F)(C(C)C)C(C)C. The number of alkyl halides is 2. The van der Waals surface area contributed by atoms with Gasteiger partial charge in [0.1, 0.15) is 12.7 Å². The molecule has 0 N–H and O–H groups in total. The molecule has 0 saturated carbocycles. The molecule has 1 fully saturated rings. The van der Waals surface area contributed by atoms with Gasteiger partial charge < -0.3 is 18.6 Å². The van der Waals surface area contributed by atoms with E-state index in [2.05, 4.69) is 0 Å². The Bertz CT molecular complexity index is 1020. The zero-order valence-electron chi connectivity index (χ0n) is 22.2. The van der Waals surface area contributed by atoms with E-state index in [-0.39, 0.29) is 27.8 Å². The summed E-state index contributed by atoms with van der Waals surface area (Å²) < 4.78 is 54.5. The number of carbonyl (C=O) groups excluding carboxylic acids is 2. The smallest absolute Gasteiger partial charge is 0.338 e. The van der Waals surface area contributed by atoms with Crippen molar-refractivity contribution in [3.05, 3.63) is 71.8 Å². The van der Waals surface area contributed by atoms with E-state index in [1.54, 1.807) is 48.5 Å². The molecule has 1 saturated heterocycles. The maximum atomic E-state index is 15.9. The second-order valence-electron chi connectivity index (χ2n) is 10.3. The van der Waals surface area contributed by atoms with E-state index < -0.39 is 51.3 Å². The van der Waals surface area contributed by atoms with Crippen LogP contribution >= 0.6 is 0 Å². The summed E-state index contributed by atoms with van der Waals surface area (Å²) in [6.07, 6.45) is -5.37. The summed E-state index contributed by atoms with van der Waals surface area (Å²) in [7, 11) is -2.80. The average Bonchev–Trinajstić information content (AvgIpc) is 3.09. The fraction of sp³-hybridized carbons (Fsp3) is 0.500. The third-order valence-electron chi connectivity index (χ3n) is 6.98. The maximum absolute atomic E-state index is 15.9. The molecule has 1 heterocycles. The number of hydrogen-bond donors (Lipinski definition) is 0. The van der Waals surface area contributed by atoms with Crippen LogP contribution in [0.5, 0.6) is 0 Å². The van der Waals surface area contributed by atoms with Crippen LogP contribution in [0.4, 0.5) is 8.78 Å². The predicted octanol–water partition coefficient (Wildman–Crippen LogP) is 6.62. The van der Waals surface area contributed by atoms with Crippen LogP contribution in [0.2, 0.25) is 16.6 Å². The first kappa shape index (κ1) is 28.9. The highest BCUT2D eigenvalue weighted by Gasteiger charge is 2.65. The number of ether oxygens (including phenoxy) is 3. The van der Waals surface area contributed by atoms with E-state index in [9.17, 15) is 9.59 Å². The van der Waals surface area contributed by atoms with Gasteiger partial charge in [0.25, 0.3) is 0 Å². The van der Waals surface area contributed by atoms with E-state index in [1.165, 1.54) is 12.1 Å². The van der Waals surface area contributed by atoms with E-state index in [0.717, 1.165) is 0 Å². The van der Waals surface area contributed by atoms with Gasteiger partial charge in [-0.05, 0) is 40.9 Å². The van der Waals surface area contributed by atoms with Crippen molar-refractivity contribution in [2.75, 3.05) is 6.61 Å². The summed E-state index contributed by atoms with van der Waals surface area (Å²) in [5.41, 5.74) is 0.452. The number of benzene rings is 2. The van der Waals surface area contributed by atoms with Crippen LogP contribution < -0.4 is 0 Å². The van der Waals surface area contributed by atoms with Crippen LogP contribution in [-0.4, -0.2) is 51.3 Å². The minimum absolute atomic E-state index is 0.0205. The fourth-order valence-corrected chi connectivity index (χ4v) is 10.7. The molecule has 2 aromatic rings. The number of esters is 2. The predicted molar refractivity (Wildman–Crippen MR) is 138 cm³/mol. The van der Waals surface area contributed by atoms with E-state index >= 15 is 8.78 Å². The third kappa shape index (κ3) is 6.10. The first-order chi connectivity index (χ1) is 17.4. The Morgan fingerprint density at radius 1 is 0.838 bits per heavy atom. The highest BCUT2D eigenvalue weighted by molar-refractivity contribution is 6.77. The highest BCUT2D eigenvalue weighted by Crippen LogP contribution is 2.48. The Morgan fingerprint density at radius 2 is 1.30 bits per heavy atom. The quantitative estimate of drug-likeness (QED) is 0.252. The lowest BCUT2D eigenvalue weighted by molar-refractivity contribution is -0.192. The van der Waals surface area contributed by atoms with Crippen LogP contribution in [0.1, 0.15) is 62.3 Å². The molecular weight excluding hydrogens is 498 g/mol. The lowest BCUT2D eigenvalue weighted by Crippen LogP contribution is -2.54. The van der Waals surface area contributed by atoms with Gasteiger partial charge in [-0.3, -0.25) is 0 Å². The van der Waals surface area contributed by atoms with Gasteiger partial charge in [-0.15, -0.1) is 0 Å². The Kier molecular flexibility index (Phi) is 9.26. The Morgan fingerprint density at radius 3 is 1.76 bits per heavy atom. The molecule has 202 valence electrons. The van der Waals surface area contributed by atoms with Gasteiger partial charge in [0, 0.05) is 0 Å². The number of halogens is 2. The van der Waals surface area contributed by atoms with E-state index in [1.807, 2.05) is 41.5 Å². The molecule has 0 spiro atoms. The lowest BCUT2D eigenvalue weighted by Gasteiger charge is -2.44. The van der Waals surface area contributed by atoms with Crippen molar-refractivity contribution in [1.82, 2.24) is 0 Å². The van der Waals surface area contributed by atoms with Crippen molar-refractivity contribution in [2.45, 2.75) is 82.6 Å². The molecule has 2 aromatic carbocycles. The minimum Gasteiger partial charge on any atom is -0.459 e. The van der Waals surface area contributed by atoms with Crippen molar-refractivity contribution in [3.63, 3.8) is 0 Å².